The molecule has 1 aromatic heterocycles. The minimum Gasteiger partial charge on any atom is -0.454 e. The van der Waals surface area contributed by atoms with Gasteiger partial charge in [0, 0.05) is 30.2 Å². The lowest BCUT2D eigenvalue weighted by atomic mass is 10.2. The highest BCUT2D eigenvalue weighted by Gasteiger charge is 2.16. The first-order valence-electron chi connectivity index (χ1n) is 6.72. The van der Waals surface area contributed by atoms with Crippen molar-refractivity contribution in [3.63, 3.8) is 0 Å². The Morgan fingerprint density at radius 2 is 1.90 bits per heavy atom. The summed E-state index contributed by atoms with van der Waals surface area (Å²) in [6.45, 7) is 0.955. The van der Waals surface area contributed by atoms with Gasteiger partial charge in [0.1, 0.15) is 0 Å². The molecule has 1 aliphatic rings. The van der Waals surface area contributed by atoms with E-state index in [4.69, 9.17) is 9.47 Å². The van der Waals surface area contributed by atoms with E-state index in [1.165, 1.54) is 0 Å². The highest BCUT2D eigenvalue weighted by atomic mass is 16.7. The Balaban J connectivity index is 1.57. The van der Waals surface area contributed by atoms with Crippen LogP contribution in [0.25, 0.3) is 11.0 Å². The first kappa shape index (κ1) is 12.0. The zero-order chi connectivity index (χ0) is 14.1. The summed E-state index contributed by atoms with van der Waals surface area (Å²) in [5.74, 6) is 1.63. The van der Waals surface area contributed by atoms with Gasteiger partial charge in [-0.05, 0) is 24.3 Å². The van der Waals surface area contributed by atoms with Gasteiger partial charge in [0.2, 0.25) is 6.79 Å². The molecule has 4 rings (SSSR count). The van der Waals surface area contributed by atoms with E-state index in [0.29, 0.717) is 6.54 Å². The molecule has 0 spiro atoms. The minimum atomic E-state index is 0.290. The molecule has 0 fully saturated rings. The van der Waals surface area contributed by atoms with E-state index in [-0.39, 0.29) is 6.79 Å². The van der Waals surface area contributed by atoms with Crippen molar-refractivity contribution in [3.8, 4) is 11.5 Å². The van der Waals surface area contributed by atoms with Crippen molar-refractivity contribution in [2.75, 3.05) is 12.1 Å². The zero-order valence-electron chi connectivity index (χ0n) is 11.2. The molecule has 0 saturated carbocycles. The minimum absolute atomic E-state index is 0.290. The summed E-state index contributed by atoms with van der Waals surface area (Å²) in [5, 5.41) is 3.38. The van der Waals surface area contributed by atoms with Crippen molar-refractivity contribution in [2.24, 2.45) is 0 Å². The Morgan fingerprint density at radius 3 is 2.86 bits per heavy atom. The van der Waals surface area contributed by atoms with Crippen LogP contribution < -0.4 is 14.8 Å². The summed E-state index contributed by atoms with van der Waals surface area (Å²) < 4.78 is 10.9. The first-order valence-corrected chi connectivity index (χ1v) is 6.72. The molecule has 2 aromatic carbocycles. The highest BCUT2D eigenvalue weighted by molar-refractivity contribution is 5.78. The number of fused-ring (bicyclic) bond motifs is 2. The maximum absolute atomic E-state index is 5.50. The largest absolute Gasteiger partial charge is 0.454 e. The van der Waals surface area contributed by atoms with E-state index < -0.39 is 0 Å². The number of hydrogen-bond acceptors (Lipinski definition) is 5. The Kier molecular flexibility index (Phi) is 2.81. The Morgan fingerprint density at radius 1 is 1.00 bits per heavy atom. The molecule has 1 N–H and O–H groups in total. The molecule has 3 aromatic rings. The molecular weight excluding hydrogens is 266 g/mol. The molecule has 1 aliphatic heterocycles. The number of ether oxygens (including phenoxy) is 2. The number of nitrogens with one attached hydrogen (secondary N) is 1. The van der Waals surface area contributed by atoms with Crippen LogP contribution in [0.2, 0.25) is 0 Å². The number of nitrogens with zero attached hydrogens (tertiary/aromatic N) is 2. The van der Waals surface area contributed by atoms with Crippen molar-refractivity contribution >= 4 is 16.7 Å². The fourth-order valence-electron chi connectivity index (χ4n) is 2.40. The predicted molar refractivity (Wildman–Crippen MR) is 79.4 cm³/mol. The van der Waals surface area contributed by atoms with Gasteiger partial charge in [0.05, 0.1) is 11.0 Å². The summed E-state index contributed by atoms with van der Waals surface area (Å²) in [5.41, 5.74) is 3.84. The van der Waals surface area contributed by atoms with Gasteiger partial charge < -0.3 is 14.8 Å². The number of benzene rings is 2. The third-order valence-electron chi connectivity index (χ3n) is 3.43. The Bertz CT molecular complexity index is 804. The van der Waals surface area contributed by atoms with Crippen LogP contribution in [0.1, 0.15) is 5.56 Å². The van der Waals surface area contributed by atoms with Gasteiger partial charge in [-0.3, -0.25) is 9.97 Å². The zero-order valence-corrected chi connectivity index (χ0v) is 11.2. The fraction of sp³-hybridized carbons (Fsp3) is 0.125. The van der Waals surface area contributed by atoms with Gasteiger partial charge in [0.15, 0.2) is 11.5 Å². The number of hydrogen-bond donors (Lipinski definition) is 1. The number of para-hydroxylation sites is 1. The second kappa shape index (κ2) is 4.94. The second-order valence-electron chi connectivity index (χ2n) is 4.76. The van der Waals surface area contributed by atoms with Crippen LogP contribution in [-0.2, 0) is 6.54 Å². The van der Waals surface area contributed by atoms with Crippen molar-refractivity contribution in [3.05, 3.63) is 54.4 Å². The molecule has 5 heteroatoms. The molecule has 5 nitrogen and oxygen atoms in total. The third kappa shape index (κ3) is 2.23. The lowest BCUT2D eigenvalue weighted by molar-refractivity contribution is 0.173. The second-order valence-corrected chi connectivity index (χ2v) is 4.76. The lowest BCUT2D eigenvalue weighted by Gasteiger charge is -2.09. The maximum atomic E-state index is 5.50. The van der Waals surface area contributed by atoms with Crippen LogP contribution in [0, 0.1) is 0 Å². The van der Waals surface area contributed by atoms with Gasteiger partial charge in [-0.15, -0.1) is 0 Å². The SMILES string of the molecule is c1cc(CNc2ccc3nccnc3c2)c2c(c1)OCO2. The quantitative estimate of drug-likeness (QED) is 0.798. The number of rotatable bonds is 3. The average Bonchev–Trinajstić information content (AvgIpc) is 3.02. The molecule has 104 valence electrons. The topological polar surface area (TPSA) is 56.3 Å². The smallest absolute Gasteiger partial charge is 0.231 e. The monoisotopic (exact) mass is 279 g/mol. The normalized spacial score (nSPS) is 12.6. The number of aromatic nitrogens is 2. The van der Waals surface area contributed by atoms with Crippen LogP contribution in [-0.4, -0.2) is 16.8 Å². The van der Waals surface area contributed by atoms with Gasteiger partial charge in [-0.2, -0.15) is 0 Å². The van der Waals surface area contributed by atoms with Crippen molar-refractivity contribution in [2.45, 2.75) is 6.54 Å². The summed E-state index contributed by atoms with van der Waals surface area (Å²) in [7, 11) is 0. The molecule has 21 heavy (non-hydrogen) atoms. The Hall–Kier alpha value is -2.82. The molecular formula is C16H13N3O2. The maximum Gasteiger partial charge on any atom is 0.231 e. The molecule has 0 unspecified atom stereocenters. The van der Waals surface area contributed by atoms with Crippen LogP contribution in [0.4, 0.5) is 5.69 Å². The van der Waals surface area contributed by atoms with Crippen molar-refractivity contribution in [1.29, 1.82) is 0 Å². The number of anilines is 1. The van der Waals surface area contributed by atoms with Crippen molar-refractivity contribution in [1.82, 2.24) is 9.97 Å². The molecule has 0 bridgehead atoms. The van der Waals surface area contributed by atoms with Gasteiger partial charge >= 0.3 is 0 Å². The van der Waals surface area contributed by atoms with E-state index in [1.807, 2.05) is 36.4 Å². The lowest BCUT2D eigenvalue weighted by Crippen LogP contribution is -2.01. The van der Waals surface area contributed by atoms with Crippen molar-refractivity contribution < 1.29 is 9.47 Å². The van der Waals surface area contributed by atoms with E-state index in [9.17, 15) is 0 Å². The molecule has 2 heterocycles. The van der Waals surface area contributed by atoms with Crippen LogP contribution in [0.15, 0.2) is 48.8 Å². The Labute approximate surface area is 121 Å². The molecule has 0 atom stereocenters. The van der Waals surface area contributed by atoms with Crippen LogP contribution in [0.3, 0.4) is 0 Å². The van der Waals surface area contributed by atoms with E-state index >= 15 is 0 Å². The predicted octanol–water partition coefficient (Wildman–Crippen LogP) is 2.97. The molecule has 0 aliphatic carbocycles. The summed E-state index contributed by atoms with van der Waals surface area (Å²) >= 11 is 0. The van der Waals surface area contributed by atoms with Crippen LogP contribution in [0.5, 0.6) is 11.5 Å². The third-order valence-corrected chi connectivity index (χ3v) is 3.43. The van der Waals surface area contributed by atoms with E-state index in [1.54, 1.807) is 12.4 Å². The molecule has 0 saturated heterocycles. The fourth-order valence-corrected chi connectivity index (χ4v) is 2.40. The van der Waals surface area contributed by atoms with Gasteiger partial charge in [-0.25, -0.2) is 0 Å². The average molecular weight is 279 g/mol. The van der Waals surface area contributed by atoms with Gasteiger partial charge in [0.25, 0.3) is 0 Å². The molecule has 0 amide bonds. The standard InChI is InChI=1S/C16H13N3O2/c1-2-11(16-15(3-1)20-10-21-16)9-19-12-4-5-13-14(8-12)18-7-6-17-13/h1-8,19H,9-10H2. The summed E-state index contributed by atoms with van der Waals surface area (Å²) in [4.78, 5) is 8.57. The summed E-state index contributed by atoms with van der Waals surface area (Å²) in [6, 6.07) is 11.9. The first-order chi connectivity index (χ1) is 10.4. The van der Waals surface area contributed by atoms with Gasteiger partial charge in [-0.1, -0.05) is 12.1 Å². The summed E-state index contributed by atoms with van der Waals surface area (Å²) in [6.07, 6.45) is 3.39. The van der Waals surface area contributed by atoms with Crippen LogP contribution >= 0.6 is 0 Å². The molecule has 0 radical (unpaired) electrons. The highest BCUT2D eigenvalue weighted by Crippen LogP contribution is 2.35. The van der Waals surface area contributed by atoms with E-state index in [2.05, 4.69) is 15.3 Å². The van der Waals surface area contributed by atoms with E-state index in [0.717, 1.165) is 33.8 Å².